The smallest absolute Gasteiger partial charge is 0.342 e. The molecule has 5 nitrogen and oxygen atoms in total. The molecule has 9 heteroatoms. The second-order valence-electron chi connectivity index (χ2n) is 7.57. The molecule has 3 rings (SSSR count). The van der Waals surface area contributed by atoms with Gasteiger partial charge in [-0.3, -0.25) is 9.59 Å². The van der Waals surface area contributed by atoms with E-state index in [9.17, 15) is 22.8 Å². The fourth-order valence-corrected chi connectivity index (χ4v) is 4.53. The third-order valence-electron chi connectivity index (χ3n) is 5.52. The highest BCUT2D eigenvalue weighted by atomic mass is 32.2. The fraction of sp³-hybridized carbons (Fsp3) is 0.650. The van der Waals surface area contributed by atoms with Crippen LogP contribution >= 0.6 is 11.8 Å². The number of hydrogen-bond donors (Lipinski definition) is 0. The summed E-state index contributed by atoms with van der Waals surface area (Å²) in [6.07, 6.45) is 2.21. The molecule has 2 saturated heterocycles. The van der Waals surface area contributed by atoms with E-state index in [-0.39, 0.29) is 23.5 Å². The predicted octanol–water partition coefficient (Wildman–Crippen LogP) is 3.83. The van der Waals surface area contributed by atoms with Gasteiger partial charge < -0.3 is 9.80 Å². The van der Waals surface area contributed by atoms with Gasteiger partial charge in [0, 0.05) is 38.3 Å². The number of halogens is 3. The van der Waals surface area contributed by atoms with Crippen LogP contribution in [-0.2, 0) is 15.8 Å². The molecule has 29 heavy (non-hydrogen) atoms. The number of likely N-dealkylation sites (tertiary alicyclic amines) is 2. The van der Waals surface area contributed by atoms with Gasteiger partial charge in [-0.05, 0) is 37.8 Å². The SMILES string of the molecule is O=C(CSc1ccc(C(F)(F)F)cn1)N1CCC(C(=O)N2CCCCCC2)CC1. The minimum absolute atomic E-state index is 0.0126. The van der Waals surface area contributed by atoms with Gasteiger partial charge in [-0.2, -0.15) is 13.2 Å². The Bertz CT molecular complexity index is 696. The zero-order chi connectivity index (χ0) is 20.9. The molecule has 0 unspecified atom stereocenters. The lowest BCUT2D eigenvalue weighted by molar-refractivity contribution is -0.139. The van der Waals surface area contributed by atoms with Crippen molar-refractivity contribution in [2.45, 2.75) is 49.7 Å². The number of amides is 2. The Balaban J connectivity index is 1.43. The first-order valence-electron chi connectivity index (χ1n) is 10.1. The summed E-state index contributed by atoms with van der Waals surface area (Å²) >= 11 is 1.13. The van der Waals surface area contributed by atoms with E-state index >= 15 is 0 Å². The van der Waals surface area contributed by atoms with Crippen LogP contribution in [0.25, 0.3) is 0 Å². The van der Waals surface area contributed by atoms with Crippen LogP contribution in [-0.4, -0.2) is 58.5 Å². The first-order chi connectivity index (χ1) is 13.8. The molecule has 160 valence electrons. The van der Waals surface area contributed by atoms with E-state index in [1.807, 2.05) is 4.90 Å². The van der Waals surface area contributed by atoms with Crippen LogP contribution in [0.2, 0.25) is 0 Å². The van der Waals surface area contributed by atoms with Crippen LogP contribution in [0.15, 0.2) is 23.4 Å². The molecule has 2 aliphatic heterocycles. The van der Waals surface area contributed by atoms with Gasteiger partial charge >= 0.3 is 6.18 Å². The molecule has 2 amide bonds. The Hall–Kier alpha value is -1.77. The molecule has 0 aromatic carbocycles. The number of hydrogen-bond acceptors (Lipinski definition) is 4. The molecule has 1 aromatic heterocycles. The summed E-state index contributed by atoms with van der Waals surface area (Å²) < 4.78 is 37.7. The van der Waals surface area contributed by atoms with Crippen LogP contribution in [0, 0.1) is 5.92 Å². The van der Waals surface area contributed by atoms with E-state index in [0.29, 0.717) is 31.0 Å². The third kappa shape index (κ3) is 6.10. The van der Waals surface area contributed by atoms with E-state index in [1.165, 1.54) is 18.9 Å². The standard InChI is InChI=1S/C20H26F3N3O2S/c21-20(22,23)16-5-6-17(24-13-16)29-14-18(27)25-11-7-15(8-12-25)19(28)26-9-3-1-2-4-10-26/h5-6,13,15H,1-4,7-12,14H2. The molecule has 2 fully saturated rings. The van der Waals surface area contributed by atoms with Crippen molar-refractivity contribution < 1.29 is 22.8 Å². The Morgan fingerprint density at radius 3 is 2.21 bits per heavy atom. The number of carbonyl (C=O) groups excluding carboxylic acids is 2. The van der Waals surface area contributed by atoms with E-state index in [4.69, 9.17) is 0 Å². The van der Waals surface area contributed by atoms with Gasteiger partial charge in [0.15, 0.2) is 0 Å². The van der Waals surface area contributed by atoms with Gasteiger partial charge in [0.1, 0.15) is 0 Å². The van der Waals surface area contributed by atoms with Gasteiger partial charge in [0.25, 0.3) is 0 Å². The van der Waals surface area contributed by atoms with E-state index in [0.717, 1.165) is 50.0 Å². The molecular formula is C20H26F3N3O2S. The fourth-order valence-electron chi connectivity index (χ4n) is 3.79. The van der Waals surface area contributed by atoms with Gasteiger partial charge in [0.2, 0.25) is 11.8 Å². The maximum absolute atomic E-state index is 12.7. The maximum Gasteiger partial charge on any atom is 0.417 e. The van der Waals surface area contributed by atoms with E-state index in [1.54, 1.807) is 4.90 Å². The number of alkyl halides is 3. The van der Waals surface area contributed by atoms with Crippen LogP contribution in [0.4, 0.5) is 13.2 Å². The third-order valence-corrected chi connectivity index (χ3v) is 6.45. The van der Waals surface area contributed by atoms with Crippen LogP contribution in [0.5, 0.6) is 0 Å². The lowest BCUT2D eigenvalue weighted by atomic mass is 9.95. The molecule has 0 N–H and O–H groups in total. The van der Waals surface area contributed by atoms with Crippen LogP contribution < -0.4 is 0 Å². The van der Waals surface area contributed by atoms with Crippen LogP contribution in [0.3, 0.4) is 0 Å². The number of pyridine rings is 1. The van der Waals surface area contributed by atoms with Gasteiger partial charge in [-0.25, -0.2) is 4.98 Å². The highest BCUT2D eigenvalue weighted by molar-refractivity contribution is 7.99. The summed E-state index contributed by atoms with van der Waals surface area (Å²) in [4.78, 5) is 32.7. The molecule has 0 spiro atoms. The zero-order valence-electron chi connectivity index (χ0n) is 16.3. The Morgan fingerprint density at radius 2 is 1.66 bits per heavy atom. The van der Waals surface area contributed by atoms with Crippen molar-refractivity contribution in [1.82, 2.24) is 14.8 Å². The van der Waals surface area contributed by atoms with Crippen molar-refractivity contribution in [1.29, 1.82) is 0 Å². The summed E-state index contributed by atoms with van der Waals surface area (Å²) in [6.45, 7) is 2.78. The number of rotatable bonds is 4. The summed E-state index contributed by atoms with van der Waals surface area (Å²) in [5.74, 6) is 0.268. The number of aromatic nitrogens is 1. The summed E-state index contributed by atoms with van der Waals surface area (Å²) in [5, 5.41) is 0.387. The van der Waals surface area contributed by atoms with Gasteiger partial charge in [0.05, 0.1) is 16.3 Å². The topological polar surface area (TPSA) is 53.5 Å². The minimum Gasteiger partial charge on any atom is -0.342 e. The first-order valence-corrected chi connectivity index (χ1v) is 11.1. The predicted molar refractivity (Wildman–Crippen MR) is 104 cm³/mol. The summed E-state index contributed by atoms with van der Waals surface area (Å²) in [6, 6.07) is 2.26. The number of thioether (sulfide) groups is 1. The molecule has 0 bridgehead atoms. The Morgan fingerprint density at radius 1 is 1.00 bits per heavy atom. The molecule has 3 heterocycles. The maximum atomic E-state index is 12.7. The van der Waals surface area contributed by atoms with Gasteiger partial charge in [-0.1, -0.05) is 24.6 Å². The average Bonchev–Trinajstić information content (AvgIpc) is 3.01. The summed E-state index contributed by atoms with van der Waals surface area (Å²) in [7, 11) is 0. The molecule has 0 radical (unpaired) electrons. The second kappa shape index (κ2) is 9.82. The van der Waals surface area contributed by atoms with Crippen molar-refractivity contribution in [2.75, 3.05) is 31.9 Å². The van der Waals surface area contributed by atoms with Crippen molar-refractivity contribution in [3.63, 3.8) is 0 Å². The molecule has 0 atom stereocenters. The minimum atomic E-state index is -4.42. The van der Waals surface area contributed by atoms with Crippen molar-refractivity contribution in [3.8, 4) is 0 Å². The van der Waals surface area contributed by atoms with Crippen molar-refractivity contribution in [3.05, 3.63) is 23.9 Å². The zero-order valence-corrected chi connectivity index (χ0v) is 17.1. The van der Waals surface area contributed by atoms with E-state index < -0.39 is 11.7 Å². The lowest BCUT2D eigenvalue weighted by Crippen LogP contribution is -2.45. The summed E-state index contributed by atoms with van der Waals surface area (Å²) in [5.41, 5.74) is -0.802. The van der Waals surface area contributed by atoms with Crippen LogP contribution in [0.1, 0.15) is 44.1 Å². The second-order valence-corrected chi connectivity index (χ2v) is 8.56. The number of nitrogens with zero attached hydrogens (tertiary/aromatic N) is 3. The highest BCUT2D eigenvalue weighted by Gasteiger charge is 2.31. The highest BCUT2D eigenvalue weighted by Crippen LogP contribution is 2.30. The molecule has 0 saturated carbocycles. The van der Waals surface area contributed by atoms with Crippen molar-refractivity contribution in [2.24, 2.45) is 5.92 Å². The number of carbonyl (C=O) groups is 2. The molecular weight excluding hydrogens is 403 g/mol. The molecule has 1 aromatic rings. The monoisotopic (exact) mass is 429 g/mol. The largest absolute Gasteiger partial charge is 0.417 e. The quantitative estimate of drug-likeness (QED) is 0.683. The lowest BCUT2D eigenvalue weighted by Gasteiger charge is -2.34. The number of piperidine rings is 1. The Kier molecular flexibility index (Phi) is 7.43. The van der Waals surface area contributed by atoms with Crippen molar-refractivity contribution >= 4 is 23.6 Å². The average molecular weight is 430 g/mol. The first kappa shape index (κ1) is 21.9. The molecule has 2 aliphatic rings. The van der Waals surface area contributed by atoms with Gasteiger partial charge in [-0.15, -0.1) is 0 Å². The Labute approximate surface area is 173 Å². The van der Waals surface area contributed by atoms with E-state index in [2.05, 4.69) is 4.98 Å². The normalized spacial score (nSPS) is 19.1. The molecule has 0 aliphatic carbocycles.